The van der Waals surface area contributed by atoms with Crippen LogP contribution in [0.15, 0.2) is 48.5 Å². The van der Waals surface area contributed by atoms with Gasteiger partial charge in [0, 0.05) is 17.7 Å². The number of carbonyl (C=O) groups is 1. The topological polar surface area (TPSA) is 64.3 Å². The van der Waals surface area contributed by atoms with Gasteiger partial charge in [-0.25, -0.2) is 0 Å². The Morgan fingerprint density at radius 1 is 1.17 bits per heavy atom. The summed E-state index contributed by atoms with van der Waals surface area (Å²) in [7, 11) is 1.65. The number of ether oxygens (including phenoxy) is 1. The lowest BCUT2D eigenvalue weighted by Gasteiger charge is -2.16. The second-order valence-corrected chi connectivity index (χ2v) is 5.95. The molecule has 0 heterocycles. The zero-order valence-corrected chi connectivity index (χ0v) is 15.1. The lowest BCUT2D eigenvalue weighted by atomic mass is 10.0. The zero-order valence-electron chi connectivity index (χ0n) is 14.3. The molecule has 2 aromatic carbocycles. The standard InChI is InChI=1S/C19H24N2O2.ClH/c1-13(2)18(20)19(22)21-16-9-10-17(23-3)15(12-16)11-14-7-5-4-6-8-14;/h4-10,12-13,18H,11,20H2,1-3H3,(H,21,22);1H. The Hall–Kier alpha value is -2.04. The molecule has 0 fully saturated rings. The van der Waals surface area contributed by atoms with E-state index in [2.05, 4.69) is 17.4 Å². The van der Waals surface area contributed by atoms with E-state index in [1.54, 1.807) is 7.11 Å². The molecule has 0 saturated heterocycles. The molecule has 4 nitrogen and oxygen atoms in total. The predicted molar refractivity (Wildman–Crippen MR) is 101 cm³/mol. The van der Waals surface area contributed by atoms with Crippen LogP contribution in [0.1, 0.15) is 25.0 Å². The second-order valence-electron chi connectivity index (χ2n) is 5.95. The first kappa shape index (κ1) is 20.0. The van der Waals surface area contributed by atoms with Crippen molar-refractivity contribution in [2.24, 2.45) is 11.7 Å². The highest BCUT2D eigenvalue weighted by Gasteiger charge is 2.17. The van der Waals surface area contributed by atoms with E-state index in [9.17, 15) is 4.79 Å². The number of halogens is 1. The smallest absolute Gasteiger partial charge is 0.241 e. The molecule has 0 radical (unpaired) electrons. The van der Waals surface area contributed by atoms with Crippen molar-refractivity contribution < 1.29 is 9.53 Å². The van der Waals surface area contributed by atoms with Gasteiger partial charge in [-0.2, -0.15) is 0 Å². The van der Waals surface area contributed by atoms with Gasteiger partial charge >= 0.3 is 0 Å². The Balaban J connectivity index is 0.00000288. The number of carbonyl (C=O) groups excluding carboxylic acids is 1. The molecule has 0 bridgehead atoms. The summed E-state index contributed by atoms with van der Waals surface area (Å²) in [6.07, 6.45) is 0.740. The Morgan fingerprint density at radius 2 is 1.83 bits per heavy atom. The van der Waals surface area contributed by atoms with Crippen molar-refractivity contribution in [3.8, 4) is 5.75 Å². The van der Waals surface area contributed by atoms with Gasteiger partial charge < -0.3 is 15.8 Å². The third-order valence-corrected chi connectivity index (χ3v) is 3.81. The van der Waals surface area contributed by atoms with Crippen LogP contribution in [-0.4, -0.2) is 19.1 Å². The minimum atomic E-state index is -0.519. The van der Waals surface area contributed by atoms with Crippen LogP contribution in [-0.2, 0) is 11.2 Å². The molecule has 2 rings (SSSR count). The van der Waals surface area contributed by atoms with Gasteiger partial charge in [-0.15, -0.1) is 12.4 Å². The van der Waals surface area contributed by atoms with Gasteiger partial charge in [-0.3, -0.25) is 4.79 Å². The zero-order chi connectivity index (χ0) is 16.8. The summed E-state index contributed by atoms with van der Waals surface area (Å²) in [5.41, 5.74) is 8.83. The maximum atomic E-state index is 12.1. The van der Waals surface area contributed by atoms with E-state index < -0.39 is 6.04 Å². The van der Waals surface area contributed by atoms with Gasteiger partial charge in [0.05, 0.1) is 13.2 Å². The van der Waals surface area contributed by atoms with Crippen molar-refractivity contribution in [3.63, 3.8) is 0 Å². The molecule has 0 aromatic heterocycles. The molecule has 24 heavy (non-hydrogen) atoms. The van der Waals surface area contributed by atoms with Crippen LogP contribution in [0.25, 0.3) is 0 Å². The quantitative estimate of drug-likeness (QED) is 0.837. The monoisotopic (exact) mass is 348 g/mol. The van der Waals surface area contributed by atoms with Crippen molar-refractivity contribution in [2.45, 2.75) is 26.3 Å². The maximum Gasteiger partial charge on any atom is 0.241 e. The van der Waals surface area contributed by atoms with Crippen LogP contribution in [0.2, 0.25) is 0 Å². The van der Waals surface area contributed by atoms with Gasteiger partial charge in [0.1, 0.15) is 5.75 Å². The number of nitrogens with two attached hydrogens (primary N) is 1. The van der Waals surface area contributed by atoms with Crippen molar-refractivity contribution in [1.29, 1.82) is 0 Å². The summed E-state index contributed by atoms with van der Waals surface area (Å²) in [5, 5.41) is 2.88. The summed E-state index contributed by atoms with van der Waals surface area (Å²) >= 11 is 0. The van der Waals surface area contributed by atoms with Crippen molar-refractivity contribution >= 4 is 24.0 Å². The van der Waals surface area contributed by atoms with Crippen molar-refractivity contribution in [1.82, 2.24) is 0 Å². The number of hydrogen-bond donors (Lipinski definition) is 2. The molecule has 2 aromatic rings. The number of amides is 1. The molecular formula is C19H25ClN2O2. The third kappa shape index (κ3) is 5.25. The molecule has 0 spiro atoms. The lowest BCUT2D eigenvalue weighted by molar-refractivity contribution is -0.118. The first-order chi connectivity index (χ1) is 11.0. The van der Waals surface area contributed by atoms with Crippen LogP contribution in [0.3, 0.4) is 0 Å². The van der Waals surface area contributed by atoms with Gasteiger partial charge in [0.15, 0.2) is 0 Å². The fraction of sp³-hybridized carbons (Fsp3) is 0.316. The van der Waals surface area contributed by atoms with E-state index in [0.29, 0.717) is 0 Å². The molecule has 1 amide bonds. The number of methoxy groups -OCH3 is 1. The molecule has 0 saturated carbocycles. The van der Waals surface area contributed by atoms with Crippen molar-refractivity contribution in [3.05, 3.63) is 59.7 Å². The van der Waals surface area contributed by atoms with E-state index in [-0.39, 0.29) is 24.2 Å². The maximum absolute atomic E-state index is 12.1. The number of rotatable bonds is 6. The Bertz CT molecular complexity index is 660. The Kier molecular flexibility index (Phi) is 7.75. The highest BCUT2D eigenvalue weighted by molar-refractivity contribution is 5.95. The number of benzene rings is 2. The highest BCUT2D eigenvalue weighted by Crippen LogP contribution is 2.25. The van der Waals surface area contributed by atoms with Crippen LogP contribution in [0.5, 0.6) is 5.75 Å². The van der Waals surface area contributed by atoms with E-state index >= 15 is 0 Å². The Morgan fingerprint density at radius 3 is 2.42 bits per heavy atom. The second kappa shape index (κ2) is 9.30. The molecular weight excluding hydrogens is 324 g/mol. The molecule has 0 aliphatic carbocycles. The average Bonchev–Trinajstić information content (AvgIpc) is 2.55. The first-order valence-electron chi connectivity index (χ1n) is 7.78. The average molecular weight is 349 g/mol. The van der Waals surface area contributed by atoms with E-state index in [1.165, 1.54) is 5.56 Å². The summed E-state index contributed by atoms with van der Waals surface area (Å²) < 4.78 is 5.43. The van der Waals surface area contributed by atoms with Gasteiger partial charge in [0.2, 0.25) is 5.91 Å². The molecule has 0 aliphatic heterocycles. The number of anilines is 1. The van der Waals surface area contributed by atoms with Crippen LogP contribution < -0.4 is 15.8 Å². The van der Waals surface area contributed by atoms with Gasteiger partial charge in [-0.1, -0.05) is 44.2 Å². The molecule has 0 aliphatic rings. The van der Waals surface area contributed by atoms with E-state index in [0.717, 1.165) is 23.4 Å². The van der Waals surface area contributed by atoms with Crippen molar-refractivity contribution in [2.75, 3.05) is 12.4 Å². The molecule has 1 unspecified atom stereocenters. The molecule has 3 N–H and O–H groups in total. The SMILES string of the molecule is COc1ccc(NC(=O)C(N)C(C)C)cc1Cc1ccccc1.Cl. The van der Waals surface area contributed by atoms with Crippen LogP contribution in [0, 0.1) is 5.92 Å². The highest BCUT2D eigenvalue weighted by atomic mass is 35.5. The van der Waals surface area contributed by atoms with Crippen LogP contribution in [0.4, 0.5) is 5.69 Å². The van der Waals surface area contributed by atoms with Crippen LogP contribution >= 0.6 is 12.4 Å². The van der Waals surface area contributed by atoms with Gasteiger partial charge in [0.25, 0.3) is 0 Å². The summed E-state index contributed by atoms with van der Waals surface area (Å²) in [5.74, 6) is 0.730. The molecule has 1 atom stereocenters. The summed E-state index contributed by atoms with van der Waals surface area (Å²) in [6.45, 7) is 3.86. The normalized spacial score (nSPS) is 11.5. The lowest BCUT2D eigenvalue weighted by Crippen LogP contribution is -2.39. The Labute approximate surface area is 149 Å². The first-order valence-corrected chi connectivity index (χ1v) is 7.78. The summed E-state index contributed by atoms with van der Waals surface area (Å²) in [4.78, 5) is 12.1. The predicted octanol–water partition coefficient (Wildman–Crippen LogP) is 3.63. The fourth-order valence-electron chi connectivity index (χ4n) is 2.34. The number of nitrogens with one attached hydrogen (secondary N) is 1. The molecule has 130 valence electrons. The summed E-state index contributed by atoms with van der Waals surface area (Å²) in [6, 6.07) is 15.3. The molecule has 5 heteroatoms. The number of hydrogen-bond acceptors (Lipinski definition) is 3. The largest absolute Gasteiger partial charge is 0.496 e. The fourth-order valence-corrected chi connectivity index (χ4v) is 2.34. The van der Waals surface area contributed by atoms with E-state index in [1.807, 2.05) is 50.2 Å². The van der Waals surface area contributed by atoms with Gasteiger partial charge in [-0.05, 0) is 29.7 Å². The van der Waals surface area contributed by atoms with E-state index in [4.69, 9.17) is 10.5 Å². The minimum Gasteiger partial charge on any atom is -0.496 e. The minimum absolute atomic E-state index is 0. The third-order valence-electron chi connectivity index (χ3n) is 3.81.